The number of aliphatic imine (C=N–C) groups is 1. The van der Waals surface area contributed by atoms with Crippen LogP contribution in [0.5, 0.6) is 0 Å². The summed E-state index contributed by atoms with van der Waals surface area (Å²) in [7, 11) is 0. The Balaban J connectivity index is 2.86. The number of nitrogens with two attached hydrogens (primary N) is 4. The molecule has 428 valence electrons. The number of guanidine groups is 1. The van der Waals surface area contributed by atoms with Crippen molar-refractivity contribution in [2.45, 2.75) is 200 Å². The van der Waals surface area contributed by atoms with Gasteiger partial charge in [-0.1, -0.05) is 141 Å². The highest BCUT2D eigenvalue weighted by Crippen LogP contribution is 2.21. The summed E-state index contributed by atoms with van der Waals surface area (Å²) < 4.78 is 0. The molecule has 0 radical (unpaired) electrons. The smallest absolute Gasteiger partial charge is 0.245 e. The second-order valence-corrected chi connectivity index (χ2v) is 20.4. The molecule has 1 aliphatic heterocycles. The van der Waals surface area contributed by atoms with E-state index in [9.17, 15) is 38.4 Å². The first-order valence-electron chi connectivity index (χ1n) is 27.8. The first-order chi connectivity index (χ1) is 36.3. The molecule has 1 rings (SSSR count). The Morgan fingerprint density at radius 3 is 1.78 bits per heavy atom. The van der Waals surface area contributed by atoms with Gasteiger partial charge in [0.1, 0.15) is 36.3 Å². The number of hydrogen-bond donors (Lipinski definition) is 10. The average Bonchev–Trinajstić information content (AvgIpc) is 3.86. The summed E-state index contributed by atoms with van der Waals surface area (Å²) in [6.07, 6.45) is 34.6. The SMILES string of the molecule is CCCCCCCCCCC/C=C/C=C/C=C/C=C/C=C/C(=O)N[C@@H](CCCCN)C(=O)N1CCC[C@H]1C(=O)N[C@@H](CC(C)C)C(=O)NCC(=O)N[C@@H](CC(C)C)C(=O)N[C@@H](C)C(=O)N[C@@H](CCCN=C(N)N)C(N)=O. The first kappa shape index (κ1) is 67.7. The number of carbonyl (C=O) groups is 8. The van der Waals surface area contributed by atoms with Gasteiger partial charge < -0.3 is 59.7 Å². The number of carbonyl (C=O) groups excluding carboxylic acids is 8. The van der Waals surface area contributed by atoms with Crippen molar-refractivity contribution in [3.8, 4) is 0 Å². The molecule has 0 bridgehead atoms. The van der Waals surface area contributed by atoms with E-state index in [1.807, 2.05) is 52.0 Å². The van der Waals surface area contributed by atoms with Crippen molar-refractivity contribution in [3.63, 3.8) is 0 Å². The van der Waals surface area contributed by atoms with Crippen LogP contribution in [0, 0.1) is 11.8 Å². The number of hydrogen-bond acceptors (Lipinski definition) is 10. The third-order valence-corrected chi connectivity index (χ3v) is 12.5. The van der Waals surface area contributed by atoms with Gasteiger partial charge >= 0.3 is 0 Å². The van der Waals surface area contributed by atoms with E-state index in [1.54, 1.807) is 18.2 Å². The first-order valence-corrected chi connectivity index (χ1v) is 27.8. The highest BCUT2D eigenvalue weighted by atomic mass is 16.2. The van der Waals surface area contributed by atoms with E-state index in [4.69, 9.17) is 22.9 Å². The fraction of sp³-hybridized carbons (Fsp3) is 0.661. The fourth-order valence-corrected chi connectivity index (χ4v) is 8.42. The summed E-state index contributed by atoms with van der Waals surface area (Å²) in [6.45, 7) is 11.5. The van der Waals surface area contributed by atoms with Crippen LogP contribution in [0.25, 0.3) is 0 Å². The zero-order valence-electron chi connectivity index (χ0n) is 46.6. The zero-order chi connectivity index (χ0) is 56.7. The molecule has 20 heteroatoms. The van der Waals surface area contributed by atoms with Crippen LogP contribution in [0.4, 0.5) is 0 Å². The van der Waals surface area contributed by atoms with Gasteiger partial charge in [0, 0.05) is 19.2 Å². The number of rotatable bonds is 40. The molecular formula is C56H96N12O8. The van der Waals surface area contributed by atoms with Crippen LogP contribution in [0.3, 0.4) is 0 Å². The quantitative estimate of drug-likeness (QED) is 0.0137. The molecule has 76 heavy (non-hydrogen) atoms. The summed E-state index contributed by atoms with van der Waals surface area (Å²) >= 11 is 0. The van der Waals surface area contributed by atoms with Gasteiger partial charge in [-0.3, -0.25) is 43.3 Å². The number of nitrogens with zero attached hydrogens (tertiary/aromatic N) is 2. The predicted octanol–water partition coefficient (Wildman–Crippen LogP) is 4.00. The summed E-state index contributed by atoms with van der Waals surface area (Å²) in [5.74, 6) is -5.12. The minimum Gasteiger partial charge on any atom is -0.370 e. The minimum absolute atomic E-state index is 0.0586. The van der Waals surface area contributed by atoms with E-state index in [2.05, 4.69) is 56.0 Å². The Morgan fingerprint density at radius 2 is 1.18 bits per heavy atom. The molecule has 0 aromatic carbocycles. The molecule has 1 heterocycles. The third kappa shape index (κ3) is 31.5. The van der Waals surface area contributed by atoms with Crippen LogP contribution in [0.2, 0.25) is 0 Å². The number of unbranched alkanes of at least 4 members (excludes halogenated alkanes) is 10. The molecule has 0 aromatic rings. The van der Waals surface area contributed by atoms with E-state index < -0.39 is 90.1 Å². The summed E-state index contributed by atoms with van der Waals surface area (Å²) in [5.41, 5.74) is 21.9. The average molecular weight is 1070 g/mol. The molecule has 1 aliphatic rings. The molecule has 0 aromatic heterocycles. The monoisotopic (exact) mass is 1060 g/mol. The van der Waals surface area contributed by atoms with Crippen LogP contribution < -0.4 is 54.8 Å². The topological polar surface area (TPSA) is 328 Å². The number of primary amides is 1. The molecule has 6 atom stereocenters. The maximum Gasteiger partial charge on any atom is 0.245 e. The van der Waals surface area contributed by atoms with E-state index in [-0.39, 0.29) is 50.1 Å². The largest absolute Gasteiger partial charge is 0.370 e. The summed E-state index contributed by atoms with van der Waals surface area (Å²) in [6, 6.07) is -6.14. The molecule has 0 aliphatic carbocycles. The lowest BCUT2D eigenvalue weighted by Crippen LogP contribution is -2.57. The van der Waals surface area contributed by atoms with Crippen LogP contribution in [-0.4, -0.2) is 121 Å². The molecule has 1 saturated heterocycles. The molecule has 8 amide bonds. The number of likely N-dealkylation sites (tertiary alicyclic amines) is 1. The second kappa shape index (κ2) is 40.9. The zero-order valence-corrected chi connectivity index (χ0v) is 46.6. The standard InChI is InChI=1S/C56H96N12O8/c1-7-8-9-10-11-12-13-14-15-16-17-18-19-20-21-22-23-24-25-33-48(69)64-44(30-26-27-34-57)55(76)68-36-29-32-47(68)54(75)67-45(37-40(2)3)52(73)62-39-49(70)65-46(38-41(4)5)53(74)63-42(6)51(72)66-43(50(58)71)31-28-35-61-56(59)60/h17-25,33,40-47H,7-16,26-32,34-39,57H2,1-6H3,(H2,58,71)(H,62,73)(H,63,74)(H,64,69)(H,65,70)(H,66,72)(H,67,75)(H4,59,60,61)/b18-17+,20-19+,22-21+,24-23+,33-25+/t42-,43-,44-,45-,46-,47-/m0/s1. The number of allylic oxidation sites excluding steroid dienone is 9. The lowest BCUT2D eigenvalue weighted by Gasteiger charge is -2.30. The van der Waals surface area contributed by atoms with Gasteiger partial charge in [-0.15, -0.1) is 0 Å². The Kier molecular flexibility index (Phi) is 36.5. The van der Waals surface area contributed by atoms with Gasteiger partial charge in [-0.05, 0) is 95.9 Å². The Labute approximate surface area is 453 Å². The predicted molar refractivity (Wildman–Crippen MR) is 302 cm³/mol. The van der Waals surface area contributed by atoms with E-state index in [0.717, 1.165) is 6.42 Å². The fourth-order valence-electron chi connectivity index (χ4n) is 8.42. The maximum absolute atomic E-state index is 14.1. The van der Waals surface area contributed by atoms with Gasteiger partial charge in [0.05, 0.1) is 6.54 Å². The van der Waals surface area contributed by atoms with E-state index in [1.165, 1.54) is 75.7 Å². The molecule has 1 fully saturated rings. The highest BCUT2D eigenvalue weighted by molar-refractivity contribution is 5.97. The highest BCUT2D eigenvalue weighted by Gasteiger charge is 2.39. The van der Waals surface area contributed by atoms with E-state index in [0.29, 0.717) is 45.1 Å². The number of amides is 8. The van der Waals surface area contributed by atoms with E-state index >= 15 is 0 Å². The van der Waals surface area contributed by atoms with Crippen LogP contribution in [-0.2, 0) is 38.4 Å². The third-order valence-electron chi connectivity index (χ3n) is 12.5. The Bertz CT molecular complexity index is 1960. The second-order valence-electron chi connectivity index (χ2n) is 20.4. The van der Waals surface area contributed by atoms with Crippen molar-refractivity contribution < 1.29 is 38.4 Å². The lowest BCUT2D eigenvalue weighted by atomic mass is 10.0. The Hall–Kier alpha value is -6.31. The van der Waals surface area contributed by atoms with Crippen molar-refractivity contribution >= 4 is 53.2 Å². The number of nitrogens with one attached hydrogen (secondary N) is 6. The molecule has 0 unspecified atom stereocenters. The van der Waals surface area contributed by atoms with Crippen molar-refractivity contribution in [2.75, 3.05) is 26.2 Å². The van der Waals surface area contributed by atoms with Crippen molar-refractivity contribution in [1.29, 1.82) is 0 Å². The normalized spacial score (nSPS) is 15.8. The lowest BCUT2D eigenvalue weighted by molar-refractivity contribution is -0.142. The van der Waals surface area contributed by atoms with Crippen LogP contribution >= 0.6 is 0 Å². The van der Waals surface area contributed by atoms with Gasteiger partial charge in [0.25, 0.3) is 0 Å². The molecule has 14 N–H and O–H groups in total. The van der Waals surface area contributed by atoms with Crippen molar-refractivity contribution in [1.82, 2.24) is 36.8 Å². The summed E-state index contributed by atoms with van der Waals surface area (Å²) in [5, 5.41) is 15.9. The molecule has 20 nitrogen and oxygen atoms in total. The van der Waals surface area contributed by atoms with Gasteiger partial charge in [-0.2, -0.15) is 0 Å². The molecule has 0 saturated carbocycles. The molecular weight excluding hydrogens is 969 g/mol. The molecule has 0 spiro atoms. The van der Waals surface area contributed by atoms with Crippen molar-refractivity contribution in [3.05, 3.63) is 60.8 Å². The van der Waals surface area contributed by atoms with Crippen LogP contribution in [0.1, 0.15) is 164 Å². The Morgan fingerprint density at radius 1 is 0.605 bits per heavy atom. The van der Waals surface area contributed by atoms with Gasteiger partial charge in [0.15, 0.2) is 5.96 Å². The van der Waals surface area contributed by atoms with Crippen molar-refractivity contribution in [2.24, 2.45) is 39.8 Å². The maximum atomic E-state index is 14.1. The van der Waals surface area contributed by atoms with Gasteiger partial charge in [0.2, 0.25) is 47.3 Å². The summed E-state index contributed by atoms with van der Waals surface area (Å²) in [4.78, 5) is 112. The minimum atomic E-state index is -1.12. The van der Waals surface area contributed by atoms with Crippen LogP contribution in [0.15, 0.2) is 65.8 Å². The van der Waals surface area contributed by atoms with Gasteiger partial charge in [-0.25, -0.2) is 0 Å².